The summed E-state index contributed by atoms with van der Waals surface area (Å²) in [7, 11) is 3.59. The molecule has 0 atom stereocenters. The van der Waals surface area contributed by atoms with E-state index in [0.29, 0.717) is 29.7 Å². The van der Waals surface area contributed by atoms with E-state index in [4.69, 9.17) is 9.84 Å². The molecule has 0 aliphatic heterocycles. The Kier molecular flexibility index (Phi) is 6.35. The maximum absolute atomic E-state index is 12.7. The van der Waals surface area contributed by atoms with Gasteiger partial charge >= 0.3 is 0 Å². The lowest BCUT2D eigenvalue weighted by atomic mass is 9.79. The van der Waals surface area contributed by atoms with Crippen molar-refractivity contribution in [2.45, 2.75) is 38.5 Å². The molecule has 1 fully saturated rings. The van der Waals surface area contributed by atoms with Gasteiger partial charge in [0, 0.05) is 43.7 Å². The molecule has 2 heterocycles. The van der Waals surface area contributed by atoms with E-state index in [9.17, 15) is 4.79 Å². The molecule has 1 amide bonds. The van der Waals surface area contributed by atoms with Crippen molar-refractivity contribution in [3.63, 3.8) is 0 Å². The maximum atomic E-state index is 12.7. The van der Waals surface area contributed by atoms with Gasteiger partial charge < -0.3 is 10.1 Å². The van der Waals surface area contributed by atoms with E-state index in [-0.39, 0.29) is 5.91 Å². The smallest absolute Gasteiger partial charge is 0.255 e. The van der Waals surface area contributed by atoms with Crippen LogP contribution in [0.3, 0.4) is 0 Å². The van der Waals surface area contributed by atoms with Crippen LogP contribution in [0.25, 0.3) is 11.1 Å². The average Bonchev–Trinajstić information content (AvgIpc) is 3.20. The minimum absolute atomic E-state index is 0.0626. The Bertz CT molecular complexity index is 1040. The van der Waals surface area contributed by atoms with Gasteiger partial charge in [-0.05, 0) is 67.9 Å². The summed E-state index contributed by atoms with van der Waals surface area (Å²) in [6.45, 7) is 2.65. The van der Waals surface area contributed by atoms with Crippen LogP contribution in [0.4, 0.5) is 0 Å². The van der Waals surface area contributed by atoms with E-state index >= 15 is 0 Å². The largest absolute Gasteiger partial charge is 0.496 e. The number of methoxy groups -OCH3 is 1. The van der Waals surface area contributed by atoms with Crippen molar-refractivity contribution in [1.82, 2.24) is 20.1 Å². The zero-order chi connectivity index (χ0) is 21.8. The van der Waals surface area contributed by atoms with Crippen molar-refractivity contribution in [2.24, 2.45) is 13.0 Å². The Morgan fingerprint density at radius 1 is 1.16 bits per heavy atom. The summed E-state index contributed by atoms with van der Waals surface area (Å²) in [5, 5.41) is 7.91. The van der Waals surface area contributed by atoms with Gasteiger partial charge in [0.05, 0.1) is 18.4 Å². The number of aromatic nitrogens is 3. The highest BCUT2D eigenvalue weighted by Gasteiger charge is 2.27. The molecule has 0 unspecified atom stereocenters. The summed E-state index contributed by atoms with van der Waals surface area (Å²) in [4.78, 5) is 16.8. The molecular weight excluding hydrogens is 388 g/mol. The second-order valence-electron chi connectivity index (χ2n) is 8.42. The molecule has 3 aromatic rings. The molecule has 1 aromatic carbocycles. The molecule has 0 saturated heterocycles. The van der Waals surface area contributed by atoms with Crippen LogP contribution in [0.1, 0.15) is 53.2 Å². The first kappa shape index (κ1) is 21.1. The van der Waals surface area contributed by atoms with E-state index in [0.717, 1.165) is 31.2 Å². The Morgan fingerprint density at radius 3 is 2.61 bits per heavy atom. The molecule has 1 aliphatic carbocycles. The molecular formula is C25H30N4O2. The SMILES string of the molecule is COc1c(C)cccc1C(=O)NCC1CCC(c2nn(C)cc2-c2ccncc2)CC1. The zero-order valence-corrected chi connectivity index (χ0v) is 18.5. The van der Waals surface area contributed by atoms with Crippen LogP contribution in [-0.2, 0) is 7.05 Å². The summed E-state index contributed by atoms with van der Waals surface area (Å²) >= 11 is 0. The number of para-hydroxylation sites is 1. The molecule has 0 spiro atoms. The van der Waals surface area contributed by atoms with Crippen LogP contribution in [0.15, 0.2) is 48.9 Å². The van der Waals surface area contributed by atoms with E-state index in [2.05, 4.69) is 16.5 Å². The lowest BCUT2D eigenvalue weighted by Crippen LogP contribution is -2.31. The lowest BCUT2D eigenvalue weighted by Gasteiger charge is -2.28. The van der Waals surface area contributed by atoms with Gasteiger partial charge in [0.2, 0.25) is 0 Å². The quantitative estimate of drug-likeness (QED) is 0.640. The van der Waals surface area contributed by atoms with Gasteiger partial charge in [0.1, 0.15) is 5.75 Å². The summed E-state index contributed by atoms with van der Waals surface area (Å²) in [6, 6.07) is 9.75. The van der Waals surface area contributed by atoms with Crippen molar-refractivity contribution in [1.29, 1.82) is 0 Å². The van der Waals surface area contributed by atoms with Crippen LogP contribution in [0.2, 0.25) is 0 Å². The number of hydrogen-bond donors (Lipinski definition) is 1. The maximum Gasteiger partial charge on any atom is 0.255 e. The van der Waals surface area contributed by atoms with Gasteiger partial charge in [0.15, 0.2) is 0 Å². The van der Waals surface area contributed by atoms with Crippen molar-refractivity contribution in [3.05, 3.63) is 65.7 Å². The van der Waals surface area contributed by atoms with Crippen LogP contribution < -0.4 is 10.1 Å². The van der Waals surface area contributed by atoms with Crippen molar-refractivity contribution in [2.75, 3.05) is 13.7 Å². The van der Waals surface area contributed by atoms with E-state index in [1.807, 2.05) is 61.4 Å². The standard InChI is InChI=1S/C25H30N4O2/c1-17-5-4-6-21(24(17)31-3)25(30)27-15-18-7-9-20(10-8-18)23-22(16-29(2)28-23)19-11-13-26-14-12-19/h4-6,11-14,16,18,20H,7-10,15H2,1-3H3,(H,27,30). The predicted octanol–water partition coefficient (Wildman–Crippen LogP) is 4.50. The van der Waals surface area contributed by atoms with Gasteiger partial charge in [-0.15, -0.1) is 0 Å². The predicted molar refractivity (Wildman–Crippen MR) is 121 cm³/mol. The van der Waals surface area contributed by atoms with Crippen LogP contribution in [0, 0.1) is 12.8 Å². The first-order valence-electron chi connectivity index (χ1n) is 10.9. The first-order chi connectivity index (χ1) is 15.1. The molecule has 1 saturated carbocycles. The summed E-state index contributed by atoms with van der Waals surface area (Å²) in [6.07, 6.45) is 10.1. The number of aryl methyl sites for hydroxylation is 2. The molecule has 162 valence electrons. The van der Waals surface area contributed by atoms with Gasteiger partial charge in [-0.25, -0.2) is 0 Å². The van der Waals surface area contributed by atoms with Crippen molar-refractivity contribution in [3.8, 4) is 16.9 Å². The summed E-state index contributed by atoms with van der Waals surface area (Å²) in [5.74, 6) is 1.53. The second-order valence-corrected chi connectivity index (χ2v) is 8.42. The Hall–Kier alpha value is -3.15. The first-order valence-corrected chi connectivity index (χ1v) is 10.9. The van der Waals surface area contributed by atoms with Gasteiger partial charge in [0.25, 0.3) is 5.91 Å². The third kappa shape index (κ3) is 4.63. The molecule has 31 heavy (non-hydrogen) atoms. The average molecular weight is 419 g/mol. The summed E-state index contributed by atoms with van der Waals surface area (Å²) in [5.41, 5.74) is 5.12. The zero-order valence-electron chi connectivity index (χ0n) is 18.5. The van der Waals surface area contributed by atoms with Crippen LogP contribution in [-0.4, -0.2) is 34.3 Å². The highest BCUT2D eigenvalue weighted by atomic mass is 16.5. The number of nitrogens with zero attached hydrogens (tertiary/aromatic N) is 3. The Balaban J connectivity index is 1.36. The van der Waals surface area contributed by atoms with Gasteiger partial charge in [-0.3, -0.25) is 14.5 Å². The molecule has 6 heteroatoms. The fourth-order valence-corrected chi connectivity index (χ4v) is 4.64. The number of pyridine rings is 1. The molecule has 1 aliphatic rings. The number of carbonyl (C=O) groups excluding carboxylic acids is 1. The van der Waals surface area contributed by atoms with Gasteiger partial charge in [-0.1, -0.05) is 12.1 Å². The normalized spacial score (nSPS) is 18.5. The van der Waals surface area contributed by atoms with Gasteiger partial charge in [-0.2, -0.15) is 5.10 Å². The monoisotopic (exact) mass is 418 g/mol. The van der Waals surface area contributed by atoms with E-state index in [1.165, 1.54) is 16.8 Å². The summed E-state index contributed by atoms with van der Waals surface area (Å²) < 4.78 is 7.34. The fourth-order valence-electron chi connectivity index (χ4n) is 4.64. The Morgan fingerprint density at radius 2 is 1.90 bits per heavy atom. The minimum atomic E-state index is -0.0626. The minimum Gasteiger partial charge on any atom is -0.496 e. The molecule has 6 nitrogen and oxygen atoms in total. The number of amides is 1. The number of ether oxygens (including phenoxy) is 1. The molecule has 0 bridgehead atoms. The second kappa shape index (κ2) is 9.33. The molecule has 0 radical (unpaired) electrons. The van der Waals surface area contributed by atoms with Crippen molar-refractivity contribution >= 4 is 5.91 Å². The van der Waals surface area contributed by atoms with E-state index < -0.39 is 0 Å². The fraction of sp³-hybridized carbons (Fsp3) is 0.400. The molecule has 1 N–H and O–H groups in total. The third-order valence-electron chi connectivity index (χ3n) is 6.29. The number of benzene rings is 1. The number of hydrogen-bond acceptors (Lipinski definition) is 4. The number of carbonyl (C=O) groups is 1. The topological polar surface area (TPSA) is 69.0 Å². The van der Waals surface area contributed by atoms with E-state index in [1.54, 1.807) is 7.11 Å². The Labute approximate surface area is 183 Å². The molecule has 4 rings (SSSR count). The third-order valence-corrected chi connectivity index (χ3v) is 6.29. The highest BCUT2D eigenvalue weighted by Crippen LogP contribution is 2.39. The van der Waals surface area contributed by atoms with Crippen molar-refractivity contribution < 1.29 is 9.53 Å². The highest BCUT2D eigenvalue weighted by molar-refractivity contribution is 5.97. The lowest BCUT2D eigenvalue weighted by molar-refractivity contribution is 0.0939. The van der Waals surface area contributed by atoms with Crippen LogP contribution in [0.5, 0.6) is 5.75 Å². The van der Waals surface area contributed by atoms with Crippen LogP contribution >= 0.6 is 0 Å². The number of rotatable bonds is 6. The number of nitrogens with one attached hydrogen (secondary N) is 1. The molecule has 2 aromatic heterocycles.